The van der Waals surface area contributed by atoms with E-state index in [2.05, 4.69) is 44.2 Å². The van der Waals surface area contributed by atoms with Crippen LogP contribution < -0.4 is 16.4 Å². The highest BCUT2D eigenvalue weighted by atomic mass is 32.2. The molecule has 192 valence electrons. The summed E-state index contributed by atoms with van der Waals surface area (Å²) in [5, 5.41) is 10.5. The number of hydrogen-bond donors (Lipinski definition) is 3. The van der Waals surface area contributed by atoms with Crippen molar-refractivity contribution in [3.05, 3.63) is 63.9 Å². The van der Waals surface area contributed by atoms with Crippen LogP contribution in [0.3, 0.4) is 0 Å². The quantitative estimate of drug-likeness (QED) is 0.397. The van der Waals surface area contributed by atoms with E-state index in [1.165, 1.54) is 36.0 Å². The Hall–Kier alpha value is -2.83. The highest BCUT2D eigenvalue weighted by molar-refractivity contribution is 8.01. The van der Waals surface area contributed by atoms with Gasteiger partial charge in [0.2, 0.25) is 0 Å². The minimum absolute atomic E-state index is 0.000984. The molecule has 36 heavy (non-hydrogen) atoms. The predicted octanol–water partition coefficient (Wildman–Crippen LogP) is 4.88. The van der Waals surface area contributed by atoms with Gasteiger partial charge in [0, 0.05) is 23.4 Å². The van der Waals surface area contributed by atoms with Gasteiger partial charge in [-0.25, -0.2) is 9.18 Å². The van der Waals surface area contributed by atoms with Crippen molar-refractivity contribution in [2.75, 3.05) is 18.9 Å². The van der Waals surface area contributed by atoms with E-state index in [1.54, 1.807) is 6.07 Å². The molecule has 0 amide bonds. The lowest BCUT2D eigenvalue weighted by Gasteiger charge is -2.41. The molecule has 12 heteroatoms. The highest BCUT2D eigenvalue weighted by Gasteiger charge is 2.47. The molecule has 3 heterocycles. The van der Waals surface area contributed by atoms with Gasteiger partial charge in [0.05, 0.1) is 16.8 Å². The average molecular weight is 524 g/mol. The number of nitrogens with one attached hydrogen (secondary N) is 3. The third-order valence-electron chi connectivity index (χ3n) is 6.98. The fourth-order valence-corrected chi connectivity index (χ4v) is 6.42. The summed E-state index contributed by atoms with van der Waals surface area (Å²) >= 11 is 1.33. The van der Waals surface area contributed by atoms with Crippen molar-refractivity contribution >= 4 is 17.4 Å². The van der Waals surface area contributed by atoms with Gasteiger partial charge >= 0.3 is 11.9 Å². The number of hydrogen-bond acceptors (Lipinski definition) is 7. The molecule has 0 spiro atoms. The van der Waals surface area contributed by atoms with E-state index in [0.717, 1.165) is 25.5 Å². The summed E-state index contributed by atoms with van der Waals surface area (Å²) in [6.45, 7) is 3.30. The van der Waals surface area contributed by atoms with Crippen LogP contribution in [0.2, 0.25) is 0 Å². The number of anilines is 1. The Morgan fingerprint density at radius 3 is 2.75 bits per heavy atom. The molecule has 3 aromatic rings. The normalized spacial score (nSPS) is 23.0. The molecule has 1 fully saturated rings. The summed E-state index contributed by atoms with van der Waals surface area (Å²) in [5.74, 6) is -1.36. The van der Waals surface area contributed by atoms with E-state index in [4.69, 9.17) is 0 Å². The standard InChI is InChI=1S/C24H25F4N5O2S/c1-13(19-4-3-9-33(19)2)24(31-18-8-6-15(23(26,27)28)11-20(18)36-24)29-12-14-5-7-16(17(25)10-14)21-30-22(34)35-32-21/h5-8,10-11,13,19,29,31H,3-4,9,12H2,1-2H3,(H,30,32,34). The molecule has 7 nitrogen and oxygen atoms in total. The monoisotopic (exact) mass is 523 g/mol. The van der Waals surface area contributed by atoms with Crippen LogP contribution in [0.1, 0.15) is 30.9 Å². The summed E-state index contributed by atoms with van der Waals surface area (Å²) in [5.41, 5.74) is 0.661. The summed E-state index contributed by atoms with van der Waals surface area (Å²) in [6, 6.07) is 8.48. The predicted molar refractivity (Wildman–Crippen MR) is 128 cm³/mol. The van der Waals surface area contributed by atoms with Crippen molar-refractivity contribution < 1.29 is 22.1 Å². The second kappa shape index (κ2) is 9.24. The Morgan fingerprint density at radius 1 is 1.31 bits per heavy atom. The van der Waals surface area contributed by atoms with Crippen LogP contribution >= 0.6 is 11.8 Å². The summed E-state index contributed by atoms with van der Waals surface area (Å²) in [4.78, 5) is 15.5. The van der Waals surface area contributed by atoms with Crippen molar-refractivity contribution in [3.63, 3.8) is 0 Å². The fourth-order valence-electron chi connectivity index (χ4n) is 5.01. The van der Waals surface area contributed by atoms with Crippen LogP contribution in [0.15, 0.2) is 50.6 Å². The maximum atomic E-state index is 14.8. The molecule has 1 saturated heterocycles. The molecule has 0 bridgehead atoms. The molecule has 0 aliphatic carbocycles. The van der Waals surface area contributed by atoms with E-state index in [9.17, 15) is 22.4 Å². The van der Waals surface area contributed by atoms with E-state index >= 15 is 0 Å². The second-order valence-corrected chi connectivity index (χ2v) is 10.5. The number of likely N-dealkylation sites (tertiary alicyclic amines) is 1. The molecule has 1 aromatic heterocycles. The fraction of sp³-hybridized carbons (Fsp3) is 0.417. The zero-order valence-electron chi connectivity index (χ0n) is 19.6. The largest absolute Gasteiger partial charge is 0.439 e. The van der Waals surface area contributed by atoms with Gasteiger partial charge in [-0.3, -0.25) is 14.8 Å². The van der Waals surface area contributed by atoms with Crippen molar-refractivity contribution in [2.24, 2.45) is 5.92 Å². The first-order valence-corrected chi connectivity index (χ1v) is 12.4. The Kier molecular flexibility index (Phi) is 6.38. The van der Waals surface area contributed by atoms with Crippen molar-refractivity contribution in [1.29, 1.82) is 0 Å². The first-order valence-electron chi connectivity index (χ1n) is 11.5. The molecule has 3 N–H and O–H groups in total. The maximum absolute atomic E-state index is 14.8. The highest BCUT2D eigenvalue weighted by Crippen LogP contribution is 2.51. The van der Waals surface area contributed by atoms with E-state index in [0.29, 0.717) is 16.1 Å². The zero-order valence-corrected chi connectivity index (χ0v) is 20.4. The van der Waals surface area contributed by atoms with Crippen LogP contribution in [0.5, 0.6) is 0 Å². The lowest BCUT2D eigenvalue weighted by molar-refractivity contribution is -0.137. The first-order chi connectivity index (χ1) is 17.1. The number of H-pyrrole nitrogens is 1. The number of nitrogens with zero attached hydrogens (tertiary/aromatic N) is 2. The first kappa shape index (κ1) is 24.8. The molecule has 5 rings (SSSR count). The number of fused-ring (bicyclic) bond motifs is 1. The minimum Gasteiger partial charge on any atom is -0.357 e. The van der Waals surface area contributed by atoms with Gasteiger partial charge in [0.1, 0.15) is 10.8 Å². The molecule has 2 aromatic carbocycles. The molecule has 2 aliphatic heterocycles. The molecule has 0 radical (unpaired) electrons. The SMILES string of the molecule is CC(C1CCCN1C)C1(NCc2ccc(-c3noc(=O)[nH]3)c(F)c2)Nc2ccc(C(F)(F)F)cc2S1. The van der Waals surface area contributed by atoms with Crippen molar-refractivity contribution in [2.45, 2.75) is 48.4 Å². The van der Waals surface area contributed by atoms with E-state index in [-0.39, 0.29) is 29.9 Å². The molecular weight excluding hydrogens is 498 g/mol. The number of benzene rings is 2. The third kappa shape index (κ3) is 4.64. The summed E-state index contributed by atoms with van der Waals surface area (Å²) in [7, 11) is 2.05. The number of halogens is 4. The van der Waals surface area contributed by atoms with Crippen LogP contribution in [0.25, 0.3) is 11.4 Å². The molecule has 3 atom stereocenters. The Bertz CT molecular complexity index is 1330. The van der Waals surface area contributed by atoms with Crippen molar-refractivity contribution in [3.8, 4) is 11.4 Å². The van der Waals surface area contributed by atoms with Gasteiger partial charge < -0.3 is 10.2 Å². The Morgan fingerprint density at radius 2 is 2.11 bits per heavy atom. The van der Waals surface area contributed by atoms with Gasteiger partial charge in [-0.1, -0.05) is 29.9 Å². The molecule has 2 aliphatic rings. The third-order valence-corrected chi connectivity index (χ3v) is 8.48. The van der Waals surface area contributed by atoms with Gasteiger partial charge in [0.25, 0.3) is 0 Å². The van der Waals surface area contributed by atoms with Crippen LogP contribution in [-0.2, 0) is 12.7 Å². The van der Waals surface area contributed by atoms with Gasteiger partial charge in [-0.05, 0) is 62.3 Å². The average Bonchev–Trinajstić information content (AvgIpc) is 3.54. The maximum Gasteiger partial charge on any atom is 0.439 e. The van der Waals surface area contributed by atoms with Gasteiger partial charge in [0.15, 0.2) is 5.82 Å². The van der Waals surface area contributed by atoms with Crippen LogP contribution in [0.4, 0.5) is 23.2 Å². The number of aromatic nitrogens is 2. The minimum atomic E-state index is -4.43. The number of alkyl halides is 3. The summed E-state index contributed by atoms with van der Waals surface area (Å²) in [6.07, 6.45) is -2.40. The lowest BCUT2D eigenvalue weighted by atomic mass is 9.95. The lowest BCUT2D eigenvalue weighted by Crippen LogP contribution is -2.56. The number of rotatable bonds is 6. The number of thioether (sulfide) groups is 1. The van der Waals surface area contributed by atoms with Crippen LogP contribution in [0, 0.1) is 11.7 Å². The van der Waals surface area contributed by atoms with Gasteiger partial charge in [-0.15, -0.1) is 0 Å². The molecular formula is C24H25F4N5O2S. The Labute approximate surface area is 208 Å². The van der Waals surface area contributed by atoms with E-state index in [1.807, 2.05) is 0 Å². The molecule has 3 unspecified atom stereocenters. The van der Waals surface area contributed by atoms with E-state index < -0.39 is 28.3 Å². The zero-order chi connectivity index (χ0) is 25.7. The smallest absolute Gasteiger partial charge is 0.357 e. The topological polar surface area (TPSA) is 86.2 Å². The molecule has 0 saturated carbocycles. The van der Waals surface area contributed by atoms with Gasteiger partial charge in [-0.2, -0.15) is 13.2 Å². The Balaban J connectivity index is 1.42. The van der Waals surface area contributed by atoms with Crippen LogP contribution in [-0.4, -0.2) is 39.7 Å². The second-order valence-electron chi connectivity index (χ2n) is 9.26. The van der Waals surface area contributed by atoms with Crippen molar-refractivity contribution in [1.82, 2.24) is 20.4 Å². The summed E-state index contributed by atoms with van der Waals surface area (Å²) < 4.78 is 59.3. The number of aromatic amines is 1.